The van der Waals surface area contributed by atoms with Crippen molar-refractivity contribution in [3.8, 4) is 11.4 Å². The number of hydrogen-bond donors (Lipinski definition) is 2. The van der Waals surface area contributed by atoms with Crippen LogP contribution < -0.4 is 10.6 Å². The van der Waals surface area contributed by atoms with Gasteiger partial charge in [-0.3, -0.25) is 9.67 Å². The number of benzene rings is 1. The van der Waals surface area contributed by atoms with Gasteiger partial charge in [-0.05, 0) is 35.9 Å². The van der Waals surface area contributed by atoms with Crippen molar-refractivity contribution in [2.75, 3.05) is 0 Å². The van der Waals surface area contributed by atoms with Crippen molar-refractivity contribution in [2.45, 2.75) is 13.1 Å². The zero-order chi connectivity index (χ0) is 17.6. The summed E-state index contributed by atoms with van der Waals surface area (Å²) >= 11 is 5.84. The highest BCUT2D eigenvalue weighted by atomic mass is 35.5. The lowest BCUT2D eigenvalue weighted by atomic mass is 10.2. The molecule has 0 aliphatic rings. The number of aromatic nitrogens is 3. The van der Waals surface area contributed by atoms with E-state index in [9.17, 15) is 4.79 Å². The Kier molecular flexibility index (Phi) is 5.30. The molecule has 2 aromatic heterocycles. The quantitative estimate of drug-likeness (QED) is 0.738. The van der Waals surface area contributed by atoms with E-state index in [1.807, 2.05) is 43.4 Å². The van der Waals surface area contributed by atoms with Crippen LogP contribution in [0.1, 0.15) is 11.3 Å². The minimum absolute atomic E-state index is 0.250. The van der Waals surface area contributed by atoms with Crippen LogP contribution in [0.25, 0.3) is 11.4 Å². The van der Waals surface area contributed by atoms with Crippen LogP contribution >= 0.6 is 11.6 Å². The van der Waals surface area contributed by atoms with Gasteiger partial charge in [0.25, 0.3) is 0 Å². The Bertz CT molecular complexity index is 846. The van der Waals surface area contributed by atoms with Crippen LogP contribution in [-0.2, 0) is 20.1 Å². The fourth-order valence-electron chi connectivity index (χ4n) is 2.38. The van der Waals surface area contributed by atoms with Gasteiger partial charge in [0, 0.05) is 24.8 Å². The van der Waals surface area contributed by atoms with Crippen molar-refractivity contribution < 1.29 is 4.79 Å². The Morgan fingerprint density at radius 1 is 1.12 bits per heavy atom. The number of urea groups is 1. The predicted octanol–water partition coefficient (Wildman–Crippen LogP) is 3.13. The fraction of sp³-hybridized carbons (Fsp3) is 0.167. The fourth-order valence-corrected chi connectivity index (χ4v) is 2.51. The lowest BCUT2D eigenvalue weighted by molar-refractivity contribution is 0.240. The number of aryl methyl sites for hydroxylation is 1. The average Bonchev–Trinajstić information content (AvgIpc) is 3.01. The molecule has 0 fully saturated rings. The van der Waals surface area contributed by atoms with Crippen molar-refractivity contribution in [3.05, 3.63) is 71.0 Å². The zero-order valence-electron chi connectivity index (χ0n) is 13.7. The second kappa shape index (κ2) is 7.81. The smallest absolute Gasteiger partial charge is 0.315 e. The second-order valence-electron chi connectivity index (χ2n) is 5.52. The molecule has 0 saturated carbocycles. The Morgan fingerprint density at radius 2 is 1.88 bits per heavy atom. The largest absolute Gasteiger partial charge is 0.334 e. The topological polar surface area (TPSA) is 71.8 Å². The highest BCUT2D eigenvalue weighted by Crippen LogP contribution is 2.16. The van der Waals surface area contributed by atoms with E-state index in [2.05, 4.69) is 20.7 Å². The molecule has 0 aliphatic heterocycles. The van der Waals surface area contributed by atoms with Crippen molar-refractivity contribution in [1.29, 1.82) is 0 Å². The van der Waals surface area contributed by atoms with E-state index in [1.165, 1.54) is 0 Å². The van der Waals surface area contributed by atoms with Crippen LogP contribution in [0.15, 0.2) is 54.7 Å². The van der Waals surface area contributed by atoms with Crippen molar-refractivity contribution >= 4 is 17.6 Å². The lowest BCUT2D eigenvalue weighted by Gasteiger charge is -2.06. The minimum atomic E-state index is -0.250. The van der Waals surface area contributed by atoms with Gasteiger partial charge in [-0.25, -0.2) is 4.79 Å². The van der Waals surface area contributed by atoms with Gasteiger partial charge < -0.3 is 10.6 Å². The van der Waals surface area contributed by atoms with E-state index in [-0.39, 0.29) is 6.03 Å². The second-order valence-corrected chi connectivity index (χ2v) is 5.96. The SMILES string of the molecule is Cn1nc(CNC(=O)NCc2ccc(Cl)cc2)cc1-c1ccccn1. The summed E-state index contributed by atoms with van der Waals surface area (Å²) in [5, 5.41) is 10.7. The molecule has 2 heterocycles. The molecule has 2 amide bonds. The Labute approximate surface area is 150 Å². The first-order valence-corrected chi connectivity index (χ1v) is 8.20. The Hall–Kier alpha value is -2.86. The number of hydrogen-bond acceptors (Lipinski definition) is 3. The minimum Gasteiger partial charge on any atom is -0.334 e. The number of nitrogens with one attached hydrogen (secondary N) is 2. The van der Waals surface area contributed by atoms with Gasteiger partial charge in [0.05, 0.1) is 23.6 Å². The zero-order valence-corrected chi connectivity index (χ0v) is 14.5. The van der Waals surface area contributed by atoms with Crippen LogP contribution in [-0.4, -0.2) is 20.8 Å². The van der Waals surface area contributed by atoms with Crippen LogP contribution in [0.3, 0.4) is 0 Å². The standard InChI is InChI=1S/C18H18ClN5O/c1-24-17(16-4-2-3-9-20-16)10-15(23-24)12-22-18(25)21-11-13-5-7-14(19)8-6-13/h2-10H,11-12H2,1H3,(H2,21,22,25). The summed E-state index contributed by atoms with van der Waals surface area (Å²) in [4.78, 5) is 16.2. The molecule has 3 aromatic rings. The Morgan fingerprint density at radius 3 is 2.60 bits per heavy atom. The Balaban J connectivity index is 1.53. The summed E-state index contributed by atoms with van der Waals surface area (Å²) < 4.78 is 1.75. The maximum absolute atomic E-state index is 11.9. The number of nitrogens with zero attached hydrogens (tertiary/aromatic N) is 3. The molecule has 0 unspecified atom stereocenters. The summed E-state index contributed by atoms with van der Waals surface area (Å²) in [5.41, 5.74) is 3.49. The van der Waals surface area contributed by atoms with Gasteiger partial charge in [0.15, 0.2) is 0 Å². The first-order chi connectivity index (χ1) is 12.1. The van der Waals surface area contributed by atoms with Gasteiger partial charge in [0.1, 0.15) is 0 Å². The molecule has 0 atom stereocenters. The molecule has 0 radical (unpaired) electrons. The highest BCUT2D eigenvalue weighted by Gasteiger charge is 2.09. The van der Waals surface area contributed by atoms with Crippen molar-refractivity contribution in [3.63, 3.8) is 0 Å². The number of carbonyl (C=O) groups is 1. The van der Waals surface area contributed by atoms with Crippen LogP contribution in [0.4, 0.5) is 4.79 Å². The van der Waals surface area contributed by atoms with E-state index in [1.54, 1.807) is 23.0 Å². The molecule has 0 spiro atoms. The molecule has 128 valence electrons. The summed E-state index contributed by atoms with van der Waals surface area (Å²) in [6.07, 6.45) is 1.74. The van der Waals surface area contributed by atoms with E-state index in [4.69, 9.17) is 11.6 Å². The molecule has 6 nitrogen and oxygen atoms in total. The van der Waals surface area contributed by atoms with Crippen LogP contribution in [0, 0.1) is 0 Å². The number of carbonyl (C=O) groups excluding carboxylic acids is 1. The van der Waals surface area contributed by atoms with Gasteiger partial charge in [-0.2, -0.15) is 5.10 Å². The average molecular weight is 356 g/mol. The predicted molar refractivity (Wildman–Crippen MR) is 97.0 cm³/mol. The summed E-state index contributed by atoms with van der Waals surface area (Å²) in [6, 6.07) is 14.7. The lowest BCUT2D eigenvalue weighted by Crippen LogP contribution is -2.34. The summed E-state index contributed by atoms with van der Waals surface area (Å²) in [5.74, 6) is 0. The summed E-state index contributed by atoms with van der Waals surface area (Å²) in [6.45, 7) is 0.775. The maximum Gasteiger partial charge on any atom is 0.315 e. The van der Waals surface area contributed by atoms with E-state index in [0.29, 0.717) is 18.1 Å². The summed E-state index contributed by atoms with van der Waals surface area (Å²) in [7, 11) is 1.86. The molecule has 3 rings (SSSR count). The monoisotopic (exact) mass is 355 g/mol. The molecule has 1 aromatic carbocycles. The maximum atomic E-state index is 11.9. The van der Waals surface area contributed by atoms with Crippen molar-refractivity contribution in [1.82, 2.24) is 25.4 Å². The molecule has 25 heavy (non-hydrogen) atoms. The first kappa shape index (κ1) is 17.0. The van der Waals surface area contributed by atoms with Gasteiger partial charge in [0.2, 0.25) is 0 Å². The number of halogens is 1. The number of amides is 2. The third-order valence-corrected chi connectivity index (χ3v) is 3.91. The van der Waals surface area contributed by atoms with Gasteiger partial charge in [-0.15, -0.1) is 0 Å². The highest BCUT2D eigenvalue weighted by molar-refractivity contribution is 6.30. The third kappa shape index (κ3) is 4.58. The molecule has 0 aliphatic carbocycles. The van der Waals surface area contributed by atoms with Gasteiger partial charge in [-0.1, -0.05) is 29.8 Å². The van der Waals surface area contributed by atoms with Gasteiger partial charge >= 0.3 is 6.03 Å². The molecule has 0 saturated heterocycles. The normalized spacial score (nSPS) is 10.5. The van der Waals surface area contributed by atoms with E-state index < -0.39 is 0 Å². The molecular weight excluding hydrogens is 338 g/mol. The third-order valence-electron chi connectivity index (χ3n) is 3.65. The van der Waals surface area contributed by atoms with Crippen LogP contribution in [0.2, 0.25) is 5.02 Å². The molecular formula is C18H18ClN5O. The van der Waals surface area contributed by atoms with Crippen LogP contribution in [0.5, 0.6) is 0 Å². The molecule has 0 bridgehead atoms. The van der Waals surface area contributed by atoms with Crippen molar-refractivity contribution in [2.24, 2.45) is 7.05 Å². The first-order valence-electron chi connectivity index (χ1n) is 7.82. The van der Waals surface area contributed by atoms with E-state index >= 15 is 0 Å². The molecule has 2 N–H and O–H groups in total. The number of pyridine rings is 1. The van der Waals surface area contributed by atoms with E-state index in [0.717, 1.165) is 22.6 Å². The number of rotatable bonds is 5. The molecule has 7 heteroatoms.